The third kappa shape index (κ3) is 6.99. The second kappa shape index (κ2) is 14.9. The molecule has 4 aromatic heterocycles. The Labute approximate surface area is 352 Å². The summed E-state index contributed by atoms with van der Waals surface area (Å²) in [4.78, 5) is 61.6. The Morgan fingerprint density at radius 1 is 1.02 bits per heavy atom. The molecular formula is C42H48F4N12O4. The maximum atomic E-state index is 16.2. The third-order valence-electron chi connectivity index (χ3n) is 13.9. The Morgan fingerprint density at radius 2 is 1.79 bits per heavy atom. The molecule has 20 heteroatoms. The number of imide groups is 1. The predicted octanol–water partition coefficient (Wildman–Crippen LogP) is 4.92. The van der Waals surface area contributed by atoms with E-state index < -0.39 is 60.1 Å². The molecule has 328 valence electrons. The molecule has 2 atom stereocenters. The van der Waals surface area contributed by atoms with E-state index in [1.807, 2.05) is 6.07 Å². The van der Waals surface area contributed by atoms with Crippen molar-refractivity contribution >= 4 is 51.6 Å². The van der Waals surface area contributed by atoms with Crippen molar-refractivity contribution in [2.45, 2.75) is 88.3 Å². The molecule has 0 bridgehead atoms. The molecule has 2 saturated carbocycles. The van der Waals surface area contributed by atoms with Crippen LogP contribution in [0.5, 0.6) is 0 Å². The number of carbonyl (C=O) groups excluding carboxylic acids is 3. The lowest BCUT2D eigenvalue weighted by atomic mass is 9.85. The number of nitrogens with zero attached hydrogens (tertiary/aromatic N) is 10. The largest absolute Gasteiger partial charge is 0.364 e. The molecule has 0 radical (unpaired) electrons. The molecule has 2 N–H and O–H groups in total. The first-order valence-electron chi connectivity index (χ1n) is 21.3. The number of hydrogen-bond donors (Lipinski definition) is 2. The van der Waals surface area contributed by atoms with Crippen LogP contribution in [-0.4, -0.2) is 108 Å². The molecule has 16 nitrogen and oxygen atoms in total. The molecule has 2 unspecified atom stereocenters. The summed E-state index contributed by atoms with van der Waals surface area (Å²) in [6, 6.07) is 4.81. The Morgan fingerprint density at radius 3 is 2.50 bits per heavy atom. The summed E-state index contributed by atoms with van der Waals surface area (Å²) in [6.07, 6.45) is 7.05. The van der Waals surface area contributed by atoms with Crippen molar-refractivity contribution < 1.29 is 31.9 Å². The number of anilines is 3. The SMILES string of the molecule is CN(C[C@H]1CC[C@H](n2cc(NC(=O)c3cnn4ccc(N5CC6(CC6)C5)nc34)c(C(F)F)n2)CC1)C1CCN(c2cccc3c2n(C)c(=O)n3C2CCC(=O)NC2=O)CC1(F)F. The lowest BCUT2D eigenvalue weighted by Gasteiger charge is -2.44. The summed E-state index contributed by atoms with van der Waals surface area (Å²) in [5, 5.41) is 13.4. The van der Waals surface area contributed by atoms with Crippen LogP contribution < -0.4 is 26.1 Å². The number of amides is 3. The molecular weight excluding hydrogens is 813 g/mol. The number of aromatic nitrogens is 7. The number of halogens is 4. The number of aryl methyl sites for hydroxylation is 1. The molecule has 3 amide bonds. The van der Waals surface area contributed by atoms with Gasteiger partial charge < -0.3 is 15.1 Å². The van der Waals surface area contributed by atoms with Crippen LogP contribution in [0.4, 0.5) is 34.8 Å². The fourth-order valence-corrected chi connectivity index (χ4v) is 10.4. The van der Waals surface area contributed by atoms with E-state index in [1.54, 1.807) is 48.3 Å². The van der Waals surface area contributed by atoms with Crippen molar-refractivity contribution in [2.75, 3.05) is 54.9 Å². The van der Waals surface area contributed by atoms with Crippen molar-refractivity contribution in [3.8, 4) is 0 Å². The van der Waals surface area contributed by atoms with Crippen LogP contribution in [0.1, 0.15) is 92.3 Å². The van der Waals surface area contributed by atoms with E-state index in [0.29, 0.717) is 66.6 Å². The molecule has 62 heavy (non-hydrogen) atoms. The van der Waals surface area contributed by atoms with Crippen LogP contribution in [0.15, 0.2) is 47.7 Å². The minimum absolute atomic E-state index is 0.0836. The lowest BCUT2D eigenvalue weighted by Crippen LogP contribution is -2.58. The fourth-order valence-electron chi connectivity index (χ4n) is 10.4. The van der Waals surface area contributed by atoms with Crippen LogP contribution >= 0.6 is 0 Å². The van der Waals surface area contributed by atoms with Gasteiger partial charge in [0.05, 0.1) is 47.2 Å². The van der Waals surface area contributed by atoms with Gasteiger partial charge in [-0.2, -0.15) is 10.2 Å². The summed E-state index contributed by atoms with van der Waals surface area (Å²) < 4.78 is 66.6. The van der Waals surface area contributed by atoms with Gasteiger partial charge in [0.2, 0.25) is 11.8 Å². The average Bonchev–Trinajstić information content (AvgIpc) is 3.64. The summed E-state index contributed by atoms with van der Waals surface area (Å²) in [5.41, 5.74) is 1.18. The van der Waals surface area contributed by atoms with Crippen molar-refractivity contribution in [1.29, 1.82) is 0 Å². The van der Waals surface area contributed by atoms with Crippen molar-refractivity contribution in [2.24, 2.45) is 18.4 Å². The Hall–Kier alpha value is -5.79. The lowest BCUT2D eigenvalue weighted by molar-refractivity contribution is -0.135. The van der Waals surface area contributed by atoms with Gasteiger partial charge in [-0.1, -0.05) is 6.07 Å². The minimum atomic E-state index is -3.10. The first-order valence-corrected chi connectivity index (χ1v) is 21.3. The standard InChI is InChI=1S/C42H48F4N12O4/c1-52(31-12-16-54(23-42(31,45)46)28-4-3-5-29-35(28)53(2)40(62)58(29)30-10-11-33(59)50-39(30)61)19-24-6-8-25(9-7-24)57-20-27(34(51-57)36(43)44)48-38(60)26-18-47-56-17-13-32(49-37(26)56)55-21-41(22-55)14-15-41/h3-5,13,17-18,20,24-25,30-31,36H,6-12,14-16,19,21-23H2,1-2H3,(H,48,60)(H,50,59,61)/t24-,25-,30?,31?. The maximum Gasteiger partial charge on any atom is 0.329 e. The van der Waals surface area contributed by atoms with E-state index in [0.717, 1.165) is 18.9 Å². The van der Waals surface area contributed by atoms with Gasteiger partial charge in [0.1, 0.15) is 17.4 Å². The van der Waals surface area contributed by atoms with Crippen LogP contribution in [-0.2, 0) is 16.6 Å². The van der Waals surface area contributed by atoms with Gasteiger partial charge in [0.15, 0.2) is 11.3 Å². The number of fused-ring (bicyclic) bond motifs is 2. The number of imidazole rings is 1. The van der Waals surface area contributed by atoms with E-state index >= 15 is 8.78 Å². The van der Waals surface area contributed by atoms with Crippen LogP contribution in [0.25, 0.3) is 16.7 Å². The number of nitrogens with one attached hydrogen (secondary N) is 2. The van der Waals surface area contributed by atoms with E-state index in [2.05, 4.69) is 30.7 Å². The molecule has 5 fully saturated rings. The number of para-hydroxylation sites is 1. The fraction of sp³-hybridized carbons (Fsp3) is 0.548. The number of piperidine rings is 2. The van der Waals surface area contributed by atoms with E-state index in [9.17, 15) is 28.0 Å². The summed E-state index contributed by atoms with van der Waals surface area (Å²) in [5.74, 6) is -3.84. The van der Waals surface area contributed by atoms with Crippen LogP contribution in [0, 0.1) is 11.3 Å². The molecule has 10 rings (SSSR count). The molecule has 1 aromatic carbocycles. The Balaban J connectivity index is 0.769. The zero-order valence-electron chi connectivity index (χ0n) is 34.4. The van der Waals surface area contributed by atoms with Gasteiger partial charge in [0.25, 0.3) is 18.3 Å². The molecule has 3 saturated heterocycles. The highest BCUT2D eigenvalue weighted by atomic mass is 19.3. The van der Waals surface area contributed by atoms with Crippen LogP contribution in [0.2, 0.25) is 0 Å². The van der Waals surface area contributed by atoms with Gasteiger partial charge in [-0.3, -0.25) is 38.4 Å². The zero-order valence-corrected chi connectivity index (χ0v) is 34.4. The van der Waals surface area contributed by atoms with E-state index in [4.69, 9.17) is 0 Å². The second-order valence-corrected chi connectivity index (χ2v) is 18.1. The average molecular weight is 861 g/mol. The van der Waals surface area contributed by atoms with E-state index in [1.165, 1.54) is 43.6 Å². The highest BCUT2D eigenvalue weighted by Crippen LogP contribution is 2.53. The van der Waals surface area contributed by atoms with Crippen molar-refractivity contribution in [3.05, 3.63) is 64.6 Å². The molecule has 2 aliphatic carbocycles. The Kier molecular flexibility index (Phi) is 9.71. The summed E-state index contributed by atoms with van der Waals surface area (Å²) >= 11 is 0. The number of benzene rings is 1. The highest BCUT2D eigenvalue weighted by molar-refractivity contribution is 6.08. The van der Waals surface area contributed by atoms with Gasteiger partial charge in [-0.05, 0) is 82.5 Å². The second-order valence-electron chi connectivity index (χ2n) is 18.1. The number of alkyl halides is 4. The minimum Gasteiger partial charge on any atom is -0.364 e. The van der Waals surface area contributed by atoms with Crippen molar-refractivity contribution in [1.82, 2.24) is 43.7 Å². The van der Waals surface area contributed by atoms with E-state index in [-0.39, 0.29) is 42.5 Å². The first kappa shape index (κ1) is 40.3. The van der Waals surface area contributed by atoms with Crippen molar-refractivity contribution in [3.63, 3.8) is 0 Å². The molecule has 5 aliphatic rings. The Bertz CT molecular complexity index is 2650. The normalized spacial score (nSPS) is 24.6. The zero-order chi connectivity index (χ0) is 43.2. The topological polar surface area (TPSA) is 160 Å². The molecule has 3 aliphatic heterocycles. The monoisotopic (exact) mass is 860 g/mol. The number of rotatable bonds is 10. The quantitative estimate of drug-likeness (QED) is 0.146. The number of hydrogen-bond acceptors (Lipinski definition) is 10. The summed E-state index contributed by atoms with van der Waals surface area (Å²) in [6.45, 7) is 2.03. The summed E-state index contributed by atoms with van der Waals surface area (Å²) in [7, 11) is 3.27. The number of carbonyl (C=O) groups is 3. The van der Waals surface area contributed by atoms with Gasteiger partial charge in [-0.25, -0.2) is 31.9 Å². The third-order valence-corrected chi connectivity index (χ3v) is 13.9. The smallest absolute Gasteiger partial charge is 0.329 e. The maximum absolute atomic E-state index is 16.2. The van der Waals surface area contributed by atoms with Crippen LogP contribution in [0.3, 0.4) is 0 Å². The first-order chi connectivity index (χ1) is 29.7. The van der Waals surface area contributed by atoms with Gasteiger partial charge in [-0.15, -0.1) is 0 Å². The molecule has 1 spiro atoms. The predicted molar refractivity (Wildman–Crippen MR) is 220 cm³/mol. The highest BCUT2D eigenvalue weighted by Gasteiger charge is 2.53. The van der Waals surface area contributed by atoms with Gasteiger partial charge >= 0.3 is 5.69 Å². The van der Waals surface area contributed by atoms with Gasteiger partial charge in [0, 0.05) is 57.5 Å². The molecule has 5 aromatic rings. The molecule has 7 heterocycles.